The van der Waals surface area contributed by atoms with Crippen LogP contribution in [0.1, 0.15) is 10.4 Å². The van der Waals surface area contributed by atoms with Crippen molar-refractivity contribution in [2.45, 2.75) is 0 Å². The highest BCUT2D eigenvalue weighted by Crippen LogP contribution is 2.32. The van der Waals surface area contributed by atoms with Gasteiger partial charge in [0.15, 0.2) is 6.61 Å². The minimum Gasteiger partial charge on any atom is -0.483 e. The molecule has 0 saturated heterocycles. The van der Waals surface area contributed by atoms with Gasteiger partial charge in [-0.2, -0.15) is 0 Å². The van der Waals surface area contributed by atoms with E-state index in [9.17, 15) is 9.59 Å². The Morgan fingerprint density at radius 1 is 1.00 bits per heavy atom. The zero-order chi connectivity index (χ0) is 17.8. The largest absolute Gasteiger partial charge is 0.483 e. The highest BCUT2D eigenvalue weighted by atomic mass is 79.9. The second kappa shape index (κ2) is 7.36. The van der Waals surface area contributed by atoms with Crippen LogP contribution in [0.4, 0.5) is 5.69 Å². The average Bonchev–Trinajstić information content (AvgIpc) is 2.62. The summed E-state index contributed by atoms with van der Waals surface area (Å²) in [6, 6.07) is 18.0. The number of rotatable bonds is 5. The molecule has 3 N–H and O–H groups in total. The van der Waals surface area contributed by atoms with Gasteiger partial charge in [0.05, 0.1) is 4.47 Å². The van der Waals surface area contributed by atoms with Crippen molar-refractivity contribution >= 4 is 44.2 Å². The van der Waals surface area contributed by atoms with Crippen molar-refractivity contribution in [1.82, 2.24) is 0 Å². The molecule has 0 aromatic heterocycles. The lowest BCUT2D eigenvalue weighted by Gasteiger charge is -2.11. The van der Waals surface area contributed by atoms with Crippen LogP contribution in [0.2, 0.25) is 0 Å². The van der Waals surface area contributed by atoms with E-state index in [0.29, 0.717) is 17.0 Å². The fraction of sp³-hybridized carbons (Fsp3) is 0.0526. The summed E-state index contributed by atoms with van der Waals surface area (Å²) in [5.41, 5.74) is 6.13. The lowest BCUT2D eigenvalue weighted by Crippen LogP contribution is -2.20. The molecule has 0 heterocycles. The molecule has 126 valence electrons. The molecule has 5 nitrogen and oxygen atoms in total. The molecule has 6 heteroatoms. The third kappa shape index (κ3) is 3.97. The number of hydrogen-bond acceptors (Lipinski definition) is 3. The number of halogens is 1. The van der Waals surface area contributed by atoms with Crippen molar-refractivity contribution in [3.05, 3.63) is 70.7 Å². The molecule has 3 rings (SSSR count). The summed E-state index contributed by atoms with van der Waals surface area (Å²) >= 11 is 3.52. The average molecular weight is 399 g/mol. The quantitative estimate of drug-likeness (QED) is 0.686. The summed E-state index contributed by atoms with van der Waals surface area (Å²) in [5.74, 6) is -0.216. The predicted octanol–water partition coefficient (Wildman–Crippen LogP) is 3.72. The number of carbonyl (C=O) groups excluding carboxylic acids is 2. The SMILES string of the molecule is NC(=O)c1ccc(NC(=O)COc2ccc3ccccc3c2Br)cc1. The second-order valence-corrected chi connectivity index (χ2v) is 6.17. The normalized spacial score (nSPS) is 10.4. The summed E-state index contributed by atoms with van der Waals surface area (Å²) in [6.45, 7) is -0.130. The third-order valence-electron chi connectivity index (χ3n) is 3.64. The lowest BCUT2D eigenvalue weighted by molar-refractivity contribution is -0.118. The molecule has 0 spiro atoms. The third-order valence-corrected chi connectivity index (χ3v) is 4.46. The van der Waals surface area contributed by atoms with Gasteiger partial charge in [0, 0.05) is 11.3 Å². The van der Waals surface area contributed by atoms with E-state index in [-0.39, 0.29) is 12.5 Å². The number of carbonyl (C=O) groups is 2. The summed E-state index contributed by atoms with van der Waals surface area (Å²) < 4.78 is 6.42. The number of benzene rings is 3. The maximum atomic E-state index is 12.0. The Balaban J connectivity index is 1.64. The maximum Gasteiger partial charge on any atom is 0.262 e. The van der Waals surface area contributed by atoms with E-state index in [2.05, 4.69) is 21.2 Å². The Morgan fingerprint density at radius 2 is 1.72 bits per heavy atom. The highest BCUT2D eigenvalue weighted by molar-refractivity contribution is 9.10. The van der Waals surface area contributed by atoms with Gasteiger partial charge in [-0.15, -0.1) is 0 Å². The zero-order valence-corrected chi connectivity index (χ0v) is 14.7. The predicted molar refractivity (Wildman–Crippen MR) is 101 cm³/mol. The van der Waals surface area contributed by atoms with Gasteiger partial charge < -0.3 is 15.8 Å². The minimum absolute atomic E-state index is 0.130. The molecule has 3 aromatic rings. The van der Waals surface area contributed by atoms with E-state index in [1.807, 2.05) is 36.4 Å². The number of anilines is 1. The van der Waals surface area contributed by atoms with Gasteiger partial charge in [0.2, 0.25) is 5.91 Å². The van der Waals surface area contributed by atoms with Crippen LogP contribution < -0.4 is 15.8 Å². The Morgan fingerprint density at radius 3 is 2.44 bits per heavy atom. The summed E-state index contributed by atoms with van der Waals surface area (Å²) in [7, 11) is 0. The van der Waals surface area contributed by atoms with Gasteiger partial charge in [-0.3, -0.25) is 9.59 Å². The van der Waals surface area contributed by atoms with Crippen LogP contribution in [0.25, 0.3) is 10.8 Å². The molecule has 0 atom stereocenters. The molecule has 0 saturated carbocycles. The van der Waals surface area contributed by atoms with Crippen LogP contribution in [0.15, 0.2) is 65.1 Å². The van der Waals surface area contributed by atoms with Crippen LogP contribution in [-0.2, 0) is 4.79 Å². The molecule has 0 radical (unpaired) electrons. The van der Waals surface area contributed by atoms with Crippen molar-refractivity contribution in [1.29, 1.82) is 0 Å². The number of nitrogens with two attached hydrogens (primary N) is 1. The maximum absolute atomic E-state index is 12.0. The lowest BCUT2D eigenvalue weighted by atomic mass is 10.1. The Kier molecular flexibility index (Phi) is 5.00. The molecule has 0 aliphatic heterocycles. The first-order valence-corrected chi connectivity index (χ1v) is 8.33. The molecule has 2 amide bonds. The highest BCUT2D eigenvalue weighted by Gasteiger charge is 2.09. The summed E-state index contributed by atoms with van der Waals surface area (Å²) in [6.07, 6.45) is 0. The van der Waals surface area contributed by atoms with Gasteiger partial charge in [0.1, 0.15) is 5.75 Å². The Hall–Kier alpha value is -2.86. The van der Waals surface area contributed by atoms with Gasteiger partial charge in [-0.1, -0.05) is 30.3 Å². The first-order chi connectivity index (χ1) is 12.0. The summed E-state index contributed by atoms with van der Waals surface area (Å²) in [5, 5.41) is 4.80. The molecule has 0 aliphatic carbocycles. The second-order valence-electron chi connectivity index (χ2n) is 5.38. The topological polar surface area (TPSA) is 81.4 Å². The molecule has 3 aromatic carbocycles. The molecular formula is C19H15BrN2O3. The van der Waals surface area contributed by atoms with Gasteiger partial charge in [-0.05, 0) is 57.0 Å². The number of ether oxygens (including phenoxy) is 1. The molecule has 0 fully saturated rings. The van der Waals surface area contributed by atoms with Gasteiger partial charge in [-0.25, -0.2) is 0 Å². The monoisotopic (exact) mass is 398 g/mol. The van der Waals surface area contributed by atoms with Crippen molar-refractivity contribution in [3.8, 4) is 5.75 Å². The van der Waals surface area contributed by atoms with E-state index in [4.69, 9.17) is 10.5 Å². The van der Waals surface area contributed by atoms with E-state index < -0.39 is 5.91 Å². The Labute approximate surface area is 152 Å². The van der Waals surface area contributed by atoms with E-state index >= 15 is 0 Å². The van der Waals surface area contributed by atoms with Gasteiger partial charge in [0.25, 0.3) is 5.91 Å². The number of amides is 2. The smallest absolute Gasteiger partial charge is 0.262 e. The fourth-order valence-corrected chi connectivity index (χ4v) is 2.99. The van der Waals surface area contributed by atoms with Crippen molar-refractivity contribution in [2.24, 2.45) is 5.73 Å². The van der Waals surface area contributed by atoms with Crippen LogP contribution in [0, 0.1) is 0 Å². The molecule has 25 heavy (non-hydrogen) atoms. The first-order valence-electron chi connectivity index (χ1n) is 7.54. The summed E-state index contributed by atoms with van der Waals surface area (Å²) in [4.78, 5) is 23.1. The number of primary amides is 1. The minimum atomic E-state index is -0.512. The van der Waals surface area contributed by atoms with Gasteiger partial charge >= 0.3 is 0 Å². The fourth-order valence-electron chi connectivity index (χ4n) is 2.38. The molecule has 0 unspecified atom stereocenters. The number of hydrogen-bond donors (Lipinski definition) is 2. The van der Waals surface area contributed by atoms with Crippen molar-refractivity contribution < 1.29 is 14.3 Å². The van der Waals surface area contributed by atoms with Crippen LogP contribution in [-0.4, -0.2) is 18.4 Å². The van der Waals surface area contributed by atoms with Crippen molar-refractivity contribution in [3.63, 3.8) is 0 Å². The first kappa shape index (κ1) is 17.0. The molecular weight excluding hydrogens is 384 g/mol. The van der Waals surface area contributed by atoms with Crippen molar-refractivity contribution in [2.75, 3.05) is 11.9 Å². The molecule has 0 aliphatic rings. The van der Waals surface area contributed by atoms with E-state index in [1.54, 1.807) is 24.3 Å². The Bertz CT molecular complexity index is 939. The van der Waals surface area contributed by atoms with Crippen LogP contribution in [0.5, 0.6) is 5.75 Å². The standard InChI is InChI=1S/C19H15BrN2O3/c20-18-15-4-2-1-3-12(15)7-10-16(18)25-11-17(23)22-14-8-5-13(6-9-14)19(21)24/h1-10H,11H2,(H2,21,24)(H,22,23). The van der Waals surface area contributed by atoms with Crippen LogP contribution in [0.3, 0.4) is 0 Å². The number of fused-ring (bicyclic) bond motifs is 1. The van der Waals surface area contributed by atoms with E-state index in [1.165, 1.54) is 0 Å². The number of nitrogens with one attached hydrogen (secondary N) is 1. The van der Waals surface area contributed by atoms with Crippen LogP contribution >= 0.6 is 15.9 Å². The zero-order valence-electron chi connectivity index (χ0n) is 13.2. The van der Waals surface area contributed by atoms with E-state index in [0.717, 1.165) is 15.2 Å². The molecule has 0 bridgehead atoms.